The molecule has 11 heteroatoms. The summed E-state index contributed by atoms with van der Waals surface area (Å²) in [6.45, 7) is 5.93. The van der Waals surface area contributed by atoms with Crippen LogP contribution in [0.15, 0.2) is 24.3 Å². The summed E-state index contributed by atoms with van der Waals surface area (Å²) in [5, 5.41) is 18.9. The molecule has 1 saturated heterocycles. The summed E-state index contributed by atoms with van der Waals surface area (Å²) in [5.74, 6) is -2.34. The fourth-order valence-electron chi connectivity index (χ4n) is 6.89. The number of nitrogens with one attached hydrogen (secondary N) is 3. The molecule has 1 aromatic carbocycles. The number of benzene rings is 1. The number of likely N-dealkylation sites (tertiary alicyclic amines) is 1. The van der Waals surface area contributed by atoms with Crippen LogP contribution in [0.2, 0.25) is 0 Å². The minimum atomic E-state index is -1.09. The van der Waals surface area contributed by atoms with Crippen molar-refractivity contribution >= 4 is 29.5 Å². The molecule has 3 unspecified atom stereocenters. The lowest BCUT2D eigenvalue weighted by Gasteiger charge is -2.40. The highest BCUT2D eigenvalue weighted by Gasteiger charge is 2.44. The first kappa shape index (κ1) is 33.3. The van der Waals surface area contributed by atoms with Crippen molar-refractivity contribution in [3.63, 3.8) is 0 Å². The van der Waals surface area contributed by atoms with Gasteiger partial charge < -0.3 is 31.7 Å². The van der Waals surface area contributed by atoms with E-state index in [2.05, 4.69) is 16.0 Å². The molecule has 0 spiro atoms. The first-order chi connectivity index (χ1) is 20.8. The highest BCUT2D eigenvalue weighted by Crippen LogP contribution is 2.33. The predicted octanol–water partition coefficient (Wildman–Crippen LogP) is 3.07. The van der Waals surface area contributed by atoms with Gasteiger partial charge in [0.2, 0.25) is 17.6 Å². The van der Waals surface area contributed by atoms with Crippen LogP contribution in [0.5, 0.6) is 5.75 Å². The second kappa shape index (κ2) is 14.0. The molecule has 3 fully saturated rings. The molecule has 0 aromatic heterocycles. The third kappa shape index (κ3) is 8.30. The third-order valence-electron chi connectivity index (χ3n) is 9.54. The fourth-order valence-corrected chi connectivity index (χ4v) is 6.89. The van der Waals surface area contributed by atoms with Crippen LogP contribution in [0.25, 0.3) is 0 Å². The van der Waals surface area contributed by atoms with Crippen molar-refractivity contribution in [3.8, 4) is 5.75 Å². The number of amides is 5. The van der Waals surface area contributed by atoms with E-state index in [-0.39, 0.29) is 17.6 Å². The SMILES string of the molecule is CC(C)(C)C(NC(=O)NC1(Cc2cccc(O)c2)CCCCC1)C(=O)N1CCCC1C(=O)NC(CC1CCC1)C(=O)C(N)=O. The van der Waals surface area contributed by atoms with Crippen LogP contribution in [0, 0.1) is 11.3 Å². The Morgan fingerprint density at radius 2 is 1.70 bits per heavy atom. The van der Waals surface area contributed by atoms with E-state index in [9.17, 15) is 29.1 Å². The van der Waals surface area contributed by atoms with Crippen LogP contribution in [0.1, 0.15) is 97.0 Å². The molecule has 11 nitrogen and oxygen atoms in total. The molecule has 0 bridgehead atoms. The zero-order valence-electron chi connectivity index (χ0n) is 26.3. The molecule has 44 heavy (non-hydrogen) atoms. The van der Waals surface area contributed by atoms with Gasteiger partial charge in [0.05, 0.1) is 6.04 Å². The van der Waals surface area contributed by atoms with Crippen LogP contribution in [0.4, 0.5) is 4.79 Å². The third-order valence-corrected chi connectivity index (χ3v) is 9.54. The topological polar surface area (TPSA) is 171 Å². The number of ketones is 1. The van der Waals surface area contributed by atoms with Crippen molar-refractivity contribution in [2.75, 3.05) is 6.54 Å². The number of aromatic hydroxyl groups is 1. The van der Waals surface area contributed by atoms with Crippen molar-refractivity contribution in [2.24, 2.45) is 17.1 Å². The summed E-state index contributed by atoms with van der Waals surface area (Å²) in [7, 11) is 0. The number of phenolic OH excluding ortho intramolecular Hbond substituents is 1. The highest BCUT2D eigenvalue weighted by atomic mass is 16.3. The Morgan fingerprint density at radius 1 is 1.00 bits per heavy atom. The molecule has 6 N–H and O–H groups in total. The van der Waals surface area contributed by atoms with Gasteiger partial charge in [0.15, 0.2) is 0 Å². The van der Waals surface area contributed by atoms with Gasteiger partial charge in [-0.1, -0.05) is 71.4 Å². The second-order valence-electron chi connectivity index (χ2n) is 14.1. The maximum absolute atomic E-state index is 14.0. The van der Waals surface area contributed by atoms with E-state index >= 15 is 0 Å². The van der Waals surface area contributed by atoms with E-state index in [0.717, 1.165) is 56.9 Å². The average molecular weight is 612 g/mol. The summed E-state index contributed by atoms with van der Waals surface area (Å²) in [6.07, 6.45) is 9.41. The van der Waals surface area contributed by atoms with Gasteiger partial charge in [-0.25, -0.2) is 4.79 Å². The van der Waals surface area contributed by atoms with Crippen molar-refractivity contribution in [3.05, 3.63) is 29.8 Å². The zero-order chi connectivity index (χ0) is 32.1. The van der Waals surface area contributed by atoms with Crippen LogP contribution in [-0.2, 0) is 25.6 Å². The van der Waals surface area contributed by atoms with Gasteiger partial charge in [-0.05, 0) is 67.6 Å². The van der Waals surface area contributed by atoms with Crippen molar-refractivity contribution < 1.29 is 29.1 Å². The van der Waals surface area contributed by atoms with E-state index in [1.165, 1.54) is 4.90 Å². The van der Waals surface area contributed by atoms with Gasteiger partial charge in [-0.2, -0.15) is 0 Å². The predicted molar refractivity (Wildman–Crippen MR) is 165 cm³/mol. The molecule has 2 aliphatic carbocycles. The molecular formula is C33H49N5O6. The van der Waals surface area contributed by atoms with Gasteiger partial charge in [0.1, 0.15) is 17.8 Å². The minimum absolute atomic E-state index is 0.175. The van der Waals surface area contributed by atoms with Gasteiger partial charge >= 0.3 is 6.03 Å². The monoisotopic (exact) mass is 611 g/mol. The van der Waals surface area contributed by atoms with E-state index in [1.54, 1.807) is 18.2 Å². The number of Topliss-reactive ketones (excluding diaryl/α,β-unsaturated/α-hetero) is 1. The minimum Gasteiger partial charge on any atom is -0.508 e. The molecule has 1 heterocycles. The molecule has 2 saturated carbocycles. The van der Waals surface area contributed by atoms with Crippen molar-refractivity contribution in [1.29, 1.82) is 0 Å². The lowest BCUT2D eigenvalue weighted by molar-refractivity contribution is -0.143. The first-order valence-electron chi connectivity index (χ1n) is 16.1. The first-order valence-corrected chi connectivity index (χ1v) is 16.1. The number of nitrogens with two attached hydrogens (primary N) is 1. The number of nitrogens with zero attached hydrogens (tertiary/aromatic N) is 1. The van der Waals surface area contributed by atoms with Crippen molar-refractivity contribution in [1.82, 2.24) is 20.9 Å². The fraction of sp³-hybridized carbons (Fsp3) is 0.667. The summed E-state index contributed by atoms with van der Waals surface area (Å²) in [5.41, 5.74) is 5.02. The standard InChI is InChI=1S/C33H49N5O6/c1-32(2,3)27(36-31(44)37-33(15-5-4-6-16-33)20-22-12-8-13-23(39)18-22)30(43)38-17-9-14-25(38)29(42)35-24(26(40)28(34)41)19-21-10-7-11-21/h8,12-13,18,21,24-25,27,39H,4-7,9-11,14-17,19-20H2,1-3H3,(H2,34,41)(H,35,42)(H2,36,37,44). The molecule has 1 aliphatic heterocycles. The zero-order valence-corrected chi connectivity index (χ0v) is 26.3. The molecule has 3 aliphatic rings. The average Bonchev–Trinajstić information content (AvgIpc) is 3.42. The smallest absolute Gasteiger partial charge is 0.315 e. The van der Waals surface area contributed by atoms with Crippen LogP contribution >= 0.6 is 0 Å². The summed E-state index contributed by atoms with van der Waals surface area (Å²) in [4.78, 5) is 66.8. The van der Waals surface area contributed by atoms with E-state index < -0.39 is 52.7 Å². The maximum atomic E-state index is 14.0. The van der Waals surface area contributed by atoms with E-state index in [1.807, 2.05) is 26.8 Å². The normalized spacial score (nSPS) is 21.4. The Bertz CT molecular complexity index is 1230. The molecular weight excluding hydrogens is 562 g/mol. The number of rotatable bonds is 11. The Morgan fingerprint density at radius 3 is 2.30 bits per heavy atom. The number of primary amides is 1. The molecule has 4 rings (SSSR count). The Labute approximate surface area is 260 Å². The van der Waals surface area contributed by atoms with Gasteiger partial charge in [0.25, 0.3) is 5.91 Å². The number of carbonyl (C=O) groups excluding carboxylic acids is 5. The largest absolute Gasteiger partial charge is 0.508 e. The number of urea groups is 1. The van der Waals surface area contributed by atoms with Crippen LogP contribution in [-0.4, -0.2) is 69.8 Å². The van der Waals surface area contributed by atoms with E-state index in [0.29, 0.717) is 32.2 Å². The van der Waals surface area contributed by atoms with Gasteiger partial charge in [-0.3, -0.25) is 19.2 Å². The lowest BCUT2D eigenvalue weighted by Crippen LogP contribution is -2.62. The Kier molecular flexibility index (Phi) is 10.6. The maximum Gasteiger partial charge on any atom is 0.315 e. The quantitative estimate of drug-likeness (QED) is 0.241. The number of carbonyl (C=O) groups is 5. The summed E-state index contributed by atoms with van der Waals surface area (Å²) < 4.78 is 0. The van der Waals surface area contributed by atoms with Gasteiger partial charge in [0, 0.05) is 12.1 Å². The highest BCUT2D eigenvalue weighted by molar-refractivity contribution is 6.37. The molecule has 242 valence electrons. The lowest BCUT2D eigenvalue weighted by atomic mass is 9.77. The van der Waals surface area contributed by atoms with Crippen LogP contribution in [0.3, 0.4) is 0 Å². The Hall–Kier alpha value is -3.63. The summed E-state index contributed by atoms with van der Waals surface area (Å²) >= 11 is 0. The molecule has 5 amide bonds. The molecule has 0 radical (unpaired) electrons. The van der Waals surface area contributed by atoms with E-state index in [4.69, 9.17) is 5.73 Å². The molecule has 3 atom stereocenters. The Balaban J connectivity index is 1.46. The summed E-state index contributed by atoms with van der Waals surface area (Å²) in [6, 6.07) is 3.85. The second-order valence-corrected chi connectivity index (χ2v) is 14.1. The van der Waals surface area contributed by atoms with Crippen LogP contribution < -0.4 is 21.7 Å². The number of hydrogen-bond donors (Lipinski definition) is 5. The van der Waals surface area contributed by atoms with Crippen molar-refractivity contribution in [2.45, 2.75) is 121 Å². The number of phenols is 1. The molecule has 1 aromatic rings. The number of hydrogen-bond acceptors (Lipinski definition) is 6. The van der Waals surface area contributed by atoms with Gasteiger partial charge in [-0.15, -0.1) is 0 Å².